The summed E-state index contributed by atoms with van der Waals surface area (Å²) in [5, 5.41) is 0.536. The molecule has 0 aliphatic heterocycles. The van der Waals surface area contributed by atoms with Crippen molar-refractivity contribution in [2.75, 3.05) is 7.11 Å². The van der Waals surface area contributed by atoms with Crippen molar-refractivity contribution >= 4 is 16.8 Å². The minimum atomic E-state index is -0.202. The van der Waals surface area contributed by atoms with Gasteiger partial charge in [-0.1, -0.05) is 37.3 Å². The Labute approximate surface area is 151 Å². The molecule has 1 N–H and O–H groups in total. The van der Waals surface area contributed by atoms with E-state index in [2.05, 4.69) is 9.97 Å². The van der Waals surface area contributed by atoms with Crippen LogP contribution in [0.25, 0.3) is 10.9 Å². The Morgan fingerprint density at radius 3 is 2.62 bits per heavy atom. The number of carbonyl (C=O) groups excluding carboxylic acids is 1. The van der Waals surface area contributed by atoms with Gasteiger partial charge in [0.15, 0.2) is 0 Å². The lowest BCUT2D eigenvalue weighted by atomic mass is 10.1. The number of nitrogens with one attached hydrogen (secondary N) is 1. The van der Waals surface area contributed by atoms with Crippen molar-refractivity contribution in [3.05, 3.63) is 70.3 Å². The summed E-state index contributed by atoms with van der Waals surface area (Å²) in [5.74, 6) is 1.17. The second kappa shape index (κ2) is 7.82. The Hall–Kier alpha value is -3.15. The number of H-pyrrole nitrogens is 1. The van der Waals surface area contributed by atoms with Crippen molar-refractivity contribution in [1.82, 2.24) is 14.9 Å². The second-order valence-corrected chi connectivity index (χ2v) is 5.94. The summed E-state index contributed by atoms with van der Waals surface area (Å²) < 4.78 is 5.38. The highest BCUT2D eigenvalue weighted by Gasteiger charge is 2.16. The average molecular weight is 351 g/mol. The zero-order chi connectivity index (χ0) is 18.5. The van der Waals surface area contributed by atoms with Crippen LogP contribution in [0.1, 0.15) is 24.7 Å². The Morgan fingerprint density at radius 2 is 1.85 bits per heavy atom. The number of benzene rings is 2. The molecule has 2 aromatic carbocycles. The standard InChI is InChI=1S/C20H21N3O3/c1-3-19(24)23(12-14-8-4-7-11-17(14)26-2)13-18-21-16-10-6-5-9-15(16)20(25)22-18/h4-11H,3,12-13H2,1-2H3,(H,21,22,25). The fourth-order valence-electron chi connectivity index (χ4n) is 2.89. The van der Waals surface area contributed by atoms with Crippen LogP contribution in [0, 0.1) is 0 Å². The number of amides is 1. The molecule has 0 saturated heterocycles. The van der Waals surface area contributed by atoms with Gasteiger partial charge in [0, 0.05) is 18.5 Å². The minimum absolute atomic E-state index is 0.0216. The first-order valence-corrected chi connectivity index (χ1v) is 8.50. The molecule has 3 aromatic rings. The molecule has 0 fully saturated rings. The van der Waals surface area contributed by atoms with E-state index in [4.69, 9.17) is 4.74 Å². The molecule has 1 aromatic heterocycles. The molecule has 0 spiro atoms. The summed E-state index contributed by atoms with van der Waals surface area (Å²) in [7, 11) is 1.60. The number of hydrogen-bond acceptors (Lipinski definition) is 4. The van der Waals surface area contributed by atoms with Crippen molar-refractivity contribution in [1.29, 1.82) is 0 Å². The summed E-state index contributed by atoms with van der Waals surface area (Å²) in [5.41, 5.74) is 1.32. The Morgan fingerprint density at radius 1 is 1.12 bits per heavy atom. The maximum Gasteiger partial charge on any atom is 0.258 e. The predicted molar refractivity (Wildman–Crippen MR) is 99.9 cm³/mol. The quantitative estimate of drug-likeness (QED) is 0.741. The number of aromatic nitrogens is 2. The lowest BCUT2D eigenvalue weighted by Gasteiger charge is -2.23. The first-order chi connectivity index (χ1) is 12.6. The van der Waals surface area contributed by atoms with Gasteiger partial charge in [-0.25, -0.2) is 4.98 Å². The number of carbonyl (C=O) groups is 1. The van der Waals surface area contributed by atoms with Crippen LogP contribution in [-0.4, -0.2) is 27.9 Å². The maximum atomic E-state index is 12.4. The fraction of sp³-hybridized carbons (Fsp3) is 0.250. The Kier molecular flexibility index (Phi) is 5.31. The van der Waals surface area contributed by atoms with E-state index in [-0.39, 0.29) is 18.0 Å². The van der Waals surface area contributed by atoms with Crippen LogP contribution in [0.4, 0.5) is 0 Å². The minimum Gasteiger partial charge on any atom is -0.496 e. The van der Waals surface area contributed by atoms with E-state index in [0.29, 0.717) is 29.7 Å². The third-order valence-electron chi connectivity index (χ3n) is 4.21. The summed E-state index contributed by atoms with van der Waals surface area (Å²) in [6.45, 7) is 2.42. The van der Waals surface area contributed by atoms with Gasteiger partial charge in [-0.05, 0) is 18.2 Å². The third-order valence-corrected chi connectivity index (χ3v) is 4.21. The van der Waals surface area contributed by atoms with Crippen LogP contribution < -0.4 is 10.3 Å². The van der Waals surface area contributed by atoms with Crippen molar-refractivity contribution in [2.45, 2.75) is 26.4 Å². The van der Waals surface area contributed by atoms with E-state index in [1.165, 1.54) is 0 Å². The number of nitrogens with zero attached hydrogens (tertiary/aromatic N) is 2. The van der Waals surface area contributed by atoms with E-state index in [1.807, 2.05) is 37.3 Å². The molecular weight excluding hydrogens is 330 g/mol. The Balaban J connectivity index is 1.92. The van der Waals surface area contributed by atoms with Crippen LogP contribution in [0.2, 0.25) is 0 Å². The highest BCUT2D eigenvalue weighted by atomic mass is 16.5. The molecule has 0 radical (unpaired) electrons. The van der Waals surface area contributed by atoms with Crippen LogP contribution >= 0.6 is 0 Å². The van der Waals surface area contributed by atoms with Gasteiger partial charge in [0.25, 0.3) is 5.56 Å². The smallest absolute Gasteiger partial charge is 0.258 e. The van der Waals surface area contributed by atoms with E-state index < -0.39 is 0 Å². The first kappa shape index (κ1) is 17.7. The number of hydrogen-bond donors (Lipinski definition) is 1. The zero-order valence-corrected chi connectivity index (χ0v) is 14.9. The molecule has 6 nitrogen and oxygen atoms in total. The monoisotopic (exact) mass is 351 g/mol. The van der Waals surface area contributed by atoms with Gasteiger partial charge < -0.3 is 14.6 Å². The molecule has 3 rings (SSSR count). The highest BCUT2D eigenvalue weighted by molar-refractivity contribution is 5.77. The van der Waals surface area contributed by atoms with Crippen molar-refractivity contribution in [3.8, 4) is 5.75 Å². The van der Waals surface area contributed by atoms with Crippen molar-refractivity contribution in [2.24, 2.45) is 0 Å². The molecular formula is C20H21N3O3. The fourth-order valence-corrected chi connectivity index (χ4v) is 2.89. The third kappa shape index (κ3) is 3.74. The molecule has 26 heavy (non-hydrogen) atoms. The zero-order valence-electron chi connectivity index (χ0n) is 14.9. The van der Waals surface area contributed by atoms with Crippen LogP contribution in [0.5, 0.6) is 5.75 Å². The number of aromatic amines is 1. The lowest BCUT2D eigenvalue weighted by Crippen LogP contribution is -2.31. The molecule has 0 aliphatic carbocycles. The van der Waals surface area contributed by atoms with Crippen molar-refractivity contribution < 1.29 is 9.53 Å². The Bertz CT molecular complexity index is 981. The van der Waals surface area contributed by atoms with E-state index in [9.17, 15) is 9.59 Å². The van der Waals surface area contributed by atoms with E-state index in [0.717, 1.165) is 11.3 Å². The van der Waals surface area contributed by atoms with Crippen molar-refractivity contribution in [3.63, 3.8) is 0 Å². The van der Waals surface area contributed by atoms with Gasteiger partial charge in [-0.15, -0.1) is 0 Å². The highest BCUT2D eigenvalue weighted by Crippen LogP contribution is 2.20. The normalized spacial score (nSPS) is 10.7. The predicted octanol–water partition coefficient (Wildman–Crippen LogP) is 2.87. The van der Waals surface area contributed by atoms with Gasteiger partial charge in [-0.2, -0.15) is 0 Å². The largest absolute Gasteiger partial charge is 0.496 e. The van der Waals surface area contributed by atoms with Gasteiger partial charge >= 0.3 is 0 Å². The van der Waals surface area contributed by atoms with Gasteiger partial charge in [0.1, 0.15) is 11.6 Å². The van der Waals surface area contributed by atoms with Gasteiger partial charge in [-0.3, -0.25) is 9.59 Å². The van der Waals surface area contributed by atoms with Crippen LogP contribution in [0.3, 0.4) is 0 Å². The van der Waals surface area contributed by atoms with Crippen LogP contribution in [0.15, 0.2) is 53.3 Å². The number of methoxy groups -OCH3 is 1. The maximum absolute atomic E-state index is 12.4. The molecule has 6 heteroatoms. The number of para-hydroxylation sites is 2. The second-order valence-electron chi connectivity index (χ2n) is 5.94. The summed E-state index contributed by atoms with van der Waals surface area (Å²) in [6, 6.07) is 14.7. The molecule has 1 heterocycles. The van der Waals surface area contributed by atoms with Crippen LogP contribution in [-0.2, 0) is 17.9 Å². The molecule has 0 aliphatic rings. The molecule has 0 saturated carbocycles. The molecule has 0 unspecified atom stereocenters. The number of rotatable bonds is 6. The molecule has 1 amide bonds. The molecule has 0 bridgehead atoms. The SMILES string of the molecule is CCC(=O)N(Cc1nc2ccccc2c(=O)[nH]1)Cc1ccccc1OC. The molecule has 0 atom stereocenters. The van der Waals surface area contributed by atoms with Gasteiger partial charge in [0.05, 0.1) is 24.6 Å². The van der Waals surface area contributed by atoms with E-state index in [1.54, 1.807) is 30.2 Å². The van der Waals surface area contributed by atoms with Gasteiger partial charge in [0.2, 0.25) is 5.91 Å². The summed E-state index contributed by atoms with van der Waals surface area (Å²) >= 11 is 0. The lowest BCUT2D eigenvalue weighted by molar-refractivity contribution is -0.132. The number of fused-ring (bicyclic) bond motifs is 1. The first-order valence-electron chi connectivity index (χ1n) is 8.50. The average Bonchev–Trinajstić information content (AvgIpc) is 2.67. The number of ether oxygens (including phenoxy) is 1. The summed E-state index contributed by atoms with van der Waals surface area (Å²) in [4.78, 5) is 33.6. The van der Waals surface area contributed by atoms with E-state index >= 15 is 0 Å². The summed E-state index contributed by atoms with van der Waals surface area (Å²) in [6.07, 6.45) is 0.368. The molecule has 134 valence electrons. The topological polar surface area (TPSA) is 75.3 Å².